The Hall–Kier alpha value is -1.72. The van der Waals surface area contributed by atoms with Gasteiger partial charge in [0.15, 0.2) is 0 Å². The van der Waals surface area contributed by atoms with E-state index in [1.165, 1.54) is 22.8 Å². The summed E-state index contributed by atoms with van der Waals surface area (Å²) in [6.45, 7) is 1.37. The van der Waals surface area contributed by atoms with E-state index in [0.29, 0.717) is 24.9 Å². The minimum atomic E-state index is -3.07. The summed E-state index contributed by atoms with van der Waals surface area (Å²) in [4.78, 5) is 0. The highest BCUT2D eigenvalue weighted by atomic mass is 32.2. The number of benzene rings is 2. The lowest BCUT2D eigenvalue weighted by molar-refractivity contribution is -0.833. The normalized spacial score (nSPS) is 29.2. The molecule has 3 aliphatic rings. The van der Waals surface area contributed by atoms with Crippen molar-refractivity contribution >= 4 is 10.0 Å². The number of aryl methyl sites for hydroxylation is 1. The van der Waals surface area contributed by atoms with Crippen molar-refractivity contribution in [1.82, 2.24) is 0 Å². The zero-order chi connectivity index (χ0) is 20.2. The maximum Gasteiger partial charge on any atom is 0.299 e. The third kappa shape index (κ3) is 3.23. The fourth-order valence-electron chi connectivity index (χ4n) is 5.45. The Kier molecular flexibility index (Phi) is 4.59. The third-order valence-corrected chi connectivity index (χ3v) is 10.4. The lowest BCUT2D eigenvalue weighted by atomic mass is 9.87. The molecule has 2 aromatic rings. The molecule has 2 aromatic carbocycles. The summed E-state index contributed by atoms with van der Waals surface area (Å²) in [5.74, 6) is 0.565. The van der Waals surface area contributed by atoms with Crippen LogP contribution in [0.1, 0.15) is 59.8 Å². The Balaban J connectivity index is 1.32. The summed E-state index contributed by atoms with van der Waals surface area (Å²) in [7, 11) is -1.18. The Labute approximate surface area is 173 Å². The minimum absolute atomic E-state index is 0.121. The average Bonchev–Trinajstić information content (AvgIpc) is 2.99. The second-order valence-corrected chi connectivity index (χ2v) is 12.0. The molecule has 5 heteroatoms. The van der Waals surface area contributed by atoms with E-state index < -0.39 is 10.0 Å². The molecule has 1 atom stereocenters. The van der Waals surface area contributed by atoms with Crippen molar-refractivity contribution in [2.45, 2.75) is 55.6 Å². The molecule has 1 saturated heterocycles. The van der Waals surface area contributed by atoms with Gasteiger partial charge in [-0.2, -0.15) is 8.42 Å². The highest BCUT2D eigenvalue weighted by molar-refractivity contribution is 7.86. The standard InChI is InChI=1S/C24H29FNO2S/c1-26(29(27,28)23-6-3-7-23)15-21(16-26)19-10-8-18-9-11-20(24(18)14-19)12-17-4-2-5-22(25)13-17/h2,4-5,8,10,13-14,20-21,23H,3,6-7,9,11-12,15-16H2,1H3/q+1. The SMILES string of the molecule is C[N+]1(S(=O)(=O)C2CCC2)CC(c2ccc3c(c2)C(Cc2cccc(F)c2)CC3)C1. The van der Waals surface area contributed by atoms with Gasteiger partial charge in [-0.1, -0.05) is 36.8 Å². The zero-order valence-electron chi connectivity index (χ0n) is 17.0. The van der Waals surface area contributed by atoms with Gasteiger partial charge in [0.1, 0.15) is 24.2 Å². The summed E-state index contributed by atoms with van der Waals surface area (Å²) < 4.78 is 39.6. The van der Waals surface area contributed by atoms with Crippen LogP contribution in [-0.4, -0.2) is 37.7 Å². The molecule has 0 spiro atoms. The summed E-state index contributed by atoms with van der Waals surface area (Å²) >= 11 is 0. The van der Waals surface area contributed by atoms with E-state index in [0.717, 1.165) is 44.1 Å². The van der Waals surface area contributed by atoms with E-state index >= 15 is 0 Å². The predicted molar refractivity (Wildman–Crippen MR) is 113 cm³/mol. The Morgan fingerprint density at radius 2 is 1.86 bits per heavy atom. The van der Waals surface area contributed by atoms with Crippen molar-refractivity contribution in [3.63, 3.8) is 0 Å². The largest absolute Gasteiger partial charge is 0.299 e. The molecule has 3 nitrogen and oxygen atoms in total. The number of sulfonamides is 1. The van der Waals surface area contributed by atoms with Gasteiger partial charge in [0.2, 0.25) is 0 Å². The van der Waals surface area contributed by atoms with Crippen molar-refractivity contribution in [3.8, 4) is 0 Å². The fourth-order valence-corrected chi connectivity index (χ4v) is 7.87. The van der Waals surface area contributed by atoms with Crippen LogP contribution in [-0.2, 0) is 22.9 Å². The lowest BCUT2D eigenvalue weighted by Crippen LogP contribution is -2.65. The number of fused-ring (bicyclic) bond motifs is 1. The molecule has 0 amide bonds. The number of hydrogen-bond acceptors (Lipinski definition) is 2. The molecule has 0 bridgehead atoms. The Morgan fingerprint density at radius 1 is 1.07 bits per heavy atom. The summed E-state index contributed by atoms with van der Waals surface area (Å²) in [6, 6.07) is 13.7. The van der Waals surface area contributed by atoms with Gasteiger partial charge in [0.25, 0.3) is 10.0 Å². The quantitative estimate of drug-likeness (QED) is 0.674. The van der Waals surface area contributed by atoms with Crippen molar-refractivity contribution in [2.75, 3.05) is 20.1 Å². The van der Waals surface area contributed by atoms with Crippen LogP contribution in [0.3, 0.4) is 0 Å². The van der Waals surface area contributed by atoms with Crippen LogP contribution in [0.25, 0.3) is 0 Å². The Bertz CT molecular complexity index is 1040. The van der Waals surface area contributed by atoms with Gasteiger partial charge in [0, 0.05) is 0 Å². The van der Waals surface area contributed by atoms with Crippen molar-refractivity contribution in [3.05, 3.63) is 70.5 Å². The van der Waals surface area contributed by atoms with Gasteiger partial charge in [0.05, 0.1) is 13.0 Å². The monoisotopic (exact) mass is 414 g/mol. The molecule has 0 N–H and O–H groups in total. The number of halogens is 1. The zero-order valence-corrected chi connectivity index (χ0v) is 17.8. The fraction of sp³-hybridized carbons (Fsp3) is 0.500. The molecule has 2 fully saturated rings. The first-order chi connectivity index (χ1) is 13.9. The van der Waals surface area contributed by atoms with Crippen molar-refractivity contribution < 1.29 is 16.7 Å². The summed E-state index contributed by atoms with van der Waals surface area (Å²) in [5.41, 5.74) is 5.10. The smallest absolute Gasteiger partial charge is 0.219 e. The van der Waals surface area contributed by atoms with Crippen LogP contribution in [0.15, 0.2) is 42.5 Å². The van der Waals surface area contributed by atoms with Crippen LogP contribution in [0.5, 0.6) is 0 Å². The molecule has 0 aromatic heterocycles. The van der Waals surface area contributed by atoms with Crippen LogP contribution in [0.4, 0.5) is 4.39 Å². The van der Waals surface area contributed by atoms with E-state index in [2.05, 4.69) is 18.2 Å². The summed E-state index contributed by atoms with van der Waals surface area (Å²) in [6.07, 6.45) is 5.75. The predicted octanol–water partition coefficient (Wildman–Crippen LogP) is 4.52. The van der Waals surface area contributed by atoms with Crippen LogP contribution in [0, 0.1) is 5.82 Å². The van der Waals surface area contributed by atoms with E-state index in [9.17, 15) is 12.8 Å². The molecule has 0 radical (unpaired) electrons. The molecule has 5 rings (SSSR count). The maximum absolute atomic E-state index is 13.6. The van der Waals surface area contributed by atoms with E-state index in [4.69, 9.17) is 0 Å². The topological polar surface area (TPSA) is 34.1 Å². The highest BCUT2D eigenvalue weighted by Gasteiger charge is 2.54. The molecule has 2 aliphatic carbocycles. The van der Waals surface area contributed by atoms with Gasteiger partial charge in [-0.05, 0) is 72.4 Å². The summed E-state index contributed by atoms with van der Waals surface area (Å²) in [5, 5.41) is -0.121. The lowest BCUT2D eigenvalue weighted by Gasteiger charge is -2.48. The van der Waals surface area contributed by atoms with Crippen molar-refractivity contribution in [1.29, 1.82) is 0 Å². The van der Waals surface area contributed by atoms with Gasteiger partial charge < -0.3 is 0 Å². The van der Waals surface area contributed by atoms with Crippen LogP contribution >= 0.6 is 0 Å². The van der Waals surface area contributed by atoms with Gasteiger partial charge in [-0.25, -0.2) is 8.28 Å². The maximum atomic E-state index is 13.6. The van der Waals surface area contributed by atoms with E-state index in [1.54, 1.807) is 12.1 Å². The molecule has 1 saturated carbocycles. The number of quaternary nitrogens is 1. The van der Waals surface area contributed by atoms with Crippen LogP contribution in [0.2, 0.25) is 0 Å². The molecule has 29 heavy (non-hydrogen) atoms. The number of likely N-dealkylation sites (N-methyl/N-ethyl adjacent to an activating group) is 1. The van der Waals surface area contributed by atoms with Crippen LogP contribution < -0.4 is 0 Å². The van der Waals surface area contributed by atoms with Gasteiger partial charge in [-0.15, -0.1) is 0 Å². The number of rotatable bonds is 5. The molecule has 1 unspecified atom stereocenters. The number of hydrogen-bond donors (Lipinski definition) is 0. The average molecular weight is 415 g/mol. The molecule has 1 heterocycles. The van der Waals surface area contributed by atoms with Gasteiger partial charge in [-0.3, -0.25) is 0 Å². The minimum Gasteiger partial charge on any atom is -0.219 e. The molecular weight excluding hydrogens is 385 g/mol. The van der Waals surface area contributed by atoms with E-state index in [1.807, 2.05) is 13.1 Å². The Morgan fingerprint density at radius 3 is 2.55 bits per heavy atom. The van der Waals surface area contributed by atoms with Gasteiger partial charge >= 0.3 is 0 Å². The third-order valence-electron chi connectivity index (χ3n) is 7.52. The first kappa shape index (κ1) is 19.3. The number of likely N-dealkylation sites (tertiary alicyclic amines) is 1. The molecular formula is C24H29FNO2S+. The highest BCUT2D eigenvalue weighted by Crippen LogP contribution is 2.43. The van der Waals surface area contributed by atoms with Crippen molar-refractivity contribution in [2.24, 2.45) is 0 Å². The first-order valence-electron chi connectivity index (χ1n) is 10.8. The second-order valence-electron chi connectivity index (χ2n) is 9.45. The second kappa shape index (κ2) is 6.92. The first-order valence-corrected chi connectivity index (χ1v) is 12.3. The van der Waals surface area contributed by atoms with E-state index in [-0.39, 0.29) is 15.0 Å². The molecule has 154 valence electrons. The number of nitrogens with zero attached hydrogens (tertiary/aromatic N) is 1. The molecule has 1 aliphatic heterocycles.